The van der Waals surface area contributed by atoms with Crippen LogP contribution in [0.4, 0.5) is 0 Å². The van der Waals surface area contributed by atoms with E-state index in [9.17, 15) is 9.59 Å². The van der Waals surface area contributed by atoms with E-state index in [0.29, 0.717) is 19.8 Å². The van der Waals surface area contributed by atoms with Gasteiger partial charge in [-0.05, 0) is 20.8 Å². The van der Waals surface area contributed by atoms with E-state index in [1.165, 1.54) is 0 Å². The van der Waals surface area contributed by atoms with Crippen molar-refractivity contribution in [1.82, 2.24) is 10.2 Å². The molecule has 1 aliphatic heterocycles. The van der Waals surface area contributed by atoms with E-state index in [4.69, 9.17) is 4.74 Å². The average molecular weight is 214 g/mol. The number of carbonyl (C=O) groups is 2. The maximum atomic E-state index is 11.7. The van der Waals surface area contributed by atoms with Gasteiger partial charge in [-0.25, -0.2) is 0 Å². The SMILES string of the molecule is CCOCCN1C(=O)C(C)NC(=O)C1C. The summed E-state index contributed by atoms with van der Waals surface area (Å²) in [6.45, 7) is 6.90. The third-order valence-corrected chi connectivity index (χ3v) is 2.54. The number of amides is 2. The van der Waals surface area contributed by atoms with Crippen molar-refractivity contribution in [2.24, 2.45) is 0 Å². The van der Waals surface area contributed by atoms with E-state index >= 15 is 0 Å². The van der Waals surface area contributed by atoms with Gasteiger partial charge in [0.2, 0.25) is 11.8 Å². The molecule has 86 valence electrons. The molecule has 1 heterocycles. The lowest BCUT2D eigenvalue weighted by Gasteiger charge is -2.35. The molecule has 2 atom stereocenters. The third-order valence-electron chi connectivity index (χ3n) is 2.54. The van der Waals surface area contributed by atoms with Crippen molar-refractivity contribution in [3.05, 3.63) is 0 Å². The van der Waals surface area contributed by atoms with E-state index < -0.39 is 12.1 Å². The predicted octanol–water partition coefficient (Wildman–Crippen LogP) is -0.242. The maximum Gasteiger partial charge on any atom is 0.245 e. The Morgan fingerprint density at radius 3 is 2.67 bits per heavy atom. The molecule has 2 amide bonds. The second kappa shape index (κ2) is 5.11. The molecule has 2 unspecified atom stereocenters. The second-order valence-electron chi connectivity index (χ2n) is 3.63. The summed E-state index contributed by atoms with van der Waals surface area (Å²) in [4.78, 5) is 24.7. The number of hydrogen-bond acceptors (Lipinski definition) is 3. The fraction of sp³-hybridized carbons (Fsp3) is 0.800. The molecule has 1 N–H and O–H groups in total. The minimum absolute atomic E-state index is 0.0400. The Morgan fingerprint density at radius 1 is 1.40 bits per heavy atom. The first-order valence-electron chi connectivity index (χ1n) is 5.26. The highest BCUT2D eigenvalue weighted by atomic mass is 16.5. The van der Waals surface area contributed by atoms with Gasteiger partial charge in [0.05, 0.1) is 6.61 Å². The Balaban J connectivity index is 2.57. The zero-order valence-corrected chi connectivity index (χ0v) is 9.45. The van der Waals surface area contributed by atoms with Gasteiger partial charge in [-0.1, -0.05) is 0 Å². The number of hydrogen-bond donors (Lipinski definition) is 1. The molecule has 1 aliphatic rings. The summed E-state index contributed by atoms with van der Waals surface area (Å²) in [7, 11) is 0. The summed E-state index contributed by atoms with van der Waals surface area (Å²) in [6.07, 6.45) is 0. The third kappa shape index (κ3) is 2.68. The van der Waals surface area contributed by atoms with Gasteiger partial charge in [-0.15, -0.1) is 0 Å². The Morgan fingerprint density at radius 2 is 2.07 bits per heavy atom. The number of nitrogens with zero attached hydrogens (tertiary/aromatic N) is 1. The monoisotopic (exact) mass is 214 g/mol. The summed E-state index contributed by atoms with van der Waals surface area (Å²) in [5.41, 5.74) is 0. The molecule has 0 saturated carbocycles. The number of carbonyl (C=O) groups excluding carboxylic acids is 2. The van der Waals surface area contributed by atoms with Crippen LogP contribution in [-0.4, -0.2) is 48.6 Å². The molecule has 1 fully saturated rings. The van der Waals surface area contributed by atoms with Crippen LogP contribution < -0.4 is 5.32 Å². The first-order chi connectivity index (χ1) is 7.07. The van der Waals surface area contributed by atoms with Crippen molar-refractivity contribution in [2.75, 3.05) is 19.8 Å². The molecule has 0 bridgehead atoms. The lowest BCUT2D eigenvalue weighted by Crippen LogP contribution is -2.61. The smallest absolute Gasteiger partial charge is 0.245 e. The van der Waals surface area contributed by atoms with Crippen LogP contribution in [0, 0.1) is 0 Å². The molecule has 1 rings (SSSR count). The Kier molecular flexibility index (Phi) is 4.08. The molecule has 0 aromatic heterocycles. The molecule has 0 aromatic rings. The molecule has 1 saturated heterocycles. The van der Waals surface area contributed by atoms with Gasteiger partial charge in [-0.2, -0.15) is 0 Å². The van der Waals surface area contributed by atoms with Crippen LogP contribution in [0.3, 0.4) is 0 Å². The van der Waals surface area contributed by atoms with Crippen LogP contribution in [0.25, 0.3) is 0 Å². The zero-order chi connectivity index (χ0) is 11.4. The van der Waals surface area contributed by atoms with Crippen molar-refractivity contribution in [2.45, 2.75) is 32.9 Å². The highest BCUT2D eigenvalue weighted by Gasteiger charge is 2.35. The van der Waals surface area contributed by atoms with Gasteiger partial charge in [0.15, 0.2) is 0 Å². The number of nitrogens with one attached hydrogen (secondary N) is 1. The van der Waals surface area contributed by atoms with Crippen molar-refractivity contribution in [1.29, 1.82) is 0 Å². The first-order valence-corrected chi connectivity index (χ1v) is 5.26. The van der Waals surface area contributed by atoms with E-state index in [0.717, 1.165) is 0 Å². The first kappa shape index (κ1) is 12.0. The van der Waals surface area contributed by atoms with Gasteiger partial charge < -0.3 is 15.0 Å². The minimum Gasteiger partial charge on any atom is -0.380 e. The lowest BCUT2D eigenvalue weighted by atomic mass is 10.1. The zero-order valence-electron chi connectivity index (χ0n) is 9.45. The fourth-order valence-electron chi connectivity index (χ4n) is 1.59. The van der Waals surface area contributed by atoms with Crippen LogP contribution in [0.2, 0.25) is 0 Å². The quantitative estimate of drug-likeness (QED) is 0.657. The molecule has 5 heteroatoms. The summed E-state index contributed by atoms with van der Waals surface area (Å²) >= 11 is 0. The molecule has 0 aromatic carbocycles. The summed E-state index contributed by atoms with van der Waals surface area (Å²) in [5, 5.41) is 2.63. The van der Waals surface area contributed by atoms with E-state index in [-0.39, 0.29) is 11.8 Å². The van der Waals surface area contributed by atoms with Crippen LogP contribution in [0.15, 0.2) is 0 Å². The van der Waals surface area contributed by atoms with Gasteiger partial charge >= 0.3 is 0 Å². The fourth-order valence-corrected chi connectivity index (χ4v) is 1.59. The molecular formula is C10H18N2O3. The number of piperazine rings is 1. The lowest BCUT2D eigenvalue weighted by molar-refractivity contribution is -0.148. The van der Waals surface area contributed by atoms with E-state index in [2.05, 4.69) is 5.32 Å². The highest BCUT2D eigenvalue weighted by molar-refractivity contribution is 5.96. The number of ether oxygens (including phenoxy) is 1. The molecule has 5 nitrogen and oxygen atoms in total. The molecule has 0 aliphatic carbocycles. The van der Waals surface area contributed by atoms with E-state index in [1.54, 1.807) is 18.7 Å². The van der Waals surface area contributed by atoms with Crippen LogP contribution in [0.1, 0.15) is 20.8 Å². The minimum atomic E-state index is -0.421. The van der Waals surface area contributed by atoms with Crippen molar-refractivity contribution in [3.8, 4) is 0 Å². The largest absolute Gasteiger partial charge is 0.380 e. The Hall–Kier alpha value is -1.10. The van der Waals surface area contributed by atoms with Gasteiger partial charge in [0.25, 0.3) is 0 Å². The normalized spacial score (nSPS) is 26.7. The van der Waals surface area contributed by atoms with Crippen molar-refractivity contribution in [3.63, 3.8) is 0 Å². The maximum absolute atomic E-state index is 11.7. The standard InChI is InChI=1S/C10H18N2O3/c1-4-15-6-5-12-8(3)9(13)11-7(2)10(12)14/h7-8H,4-6H2,1-3H3,(H,11,13). The highest BCUT2D eigenvalue weighted by Crippen LogP contribution is 2.08. The van der Waals surface area contributed by atoms with Gasteiger partial charge in [0, 0.05) is 13.2 Å². The average Bonchev–Trinajstić information content (AvgIpc) is 2.20. The van der Waals surface area contributed by atoms with Crippen LogP contribution >= 0.6 is 0 Å². The van der Waals surface area contributed by atoms with Gasteiger partial charge in [-0.3, -0.25) is 9.59 Å². The van der Waals surface area contributed by atoms with Crippen molar-refractivity contribution < 1.29 is 14.3 Å². The number of rotatable bonds is 4. The van der Waals surface area contributed by atoms with E-state index in [1.807, 2.05) is 6.92 Å². The summed E-state index contributed by atoms with van der Waals surface area (Å²) in [5.74, 6) is -0.139. The van der Waals surface area contributed by atoms with Crippen LogP contribution in [0.5, 0.6) is 0 Å². The van der Waals surface area contributed by atoms with Crippen molar-refractivity contribution >= 4 is 11.8 Å². The molecule has 0 spiro atoms. The topological polar surface area (TPSA) is 58.6 Å². The van der Waals surface area contributed by atoms with Crippen LogP contribution in [-0.2, 0) is 14.3 Å². The predicted molar refractivity (Wildman–Crippen MR) is 55.3 cm³/mol. The second-order valence-corrected chi connectivity index (χ2v) is 3.63. The summed E-state index contributed by atoms with van der Waals surface area (Å²) < 4.78 is 5.18. The molecule has 15 heavy (non-hydrogen) atoms. The molecule has 0 radical (unpaired) electrons. The Bertz CT molecular complexity index is 255. The Labute approximate surface area is 89.8 Å². The molecular weight excluding hydrogens is 196 g/mol. The summed E-state index contributed by atoms with van der Waals surface area (Å²) in [6, 6.07) is -0.815. The van der Waals surface area contributed by atoms with Gasteiger partial charge in [0.1, 0.15) is 12.1 Å².